The van der Waals surface area contributed by atoms with Gasteiger partial charge >= 0.3 is 0 Å². The van der Waals surface area contributed by atoms with Gasteiger partial charge in [0.15, 0.2) is 5.82 Å². The van der Waals surface area contributed by atoms with E-state index in [-0.39, 0.29) is 11.5 Å². The van der Waals surface area contributed by atoms with Crippen LogP contribution in [-0.2, 0) is 0 Å². The predicted molar refractivity (Wildman–Crippen MR) is 65.8 cm³/mol. The molecule has 0 unspecified atom stereocenters. The number of nitrogens with two attached hydrogens (primary N) is 1. The van der Waals surface area contributed by atoms with Crippen molar-refractivity contribution in [3.63, 3.8) is 0 Å². The number of benzene rings is 1. The highest BCUT2D eigenvalue weighted by molar-refractivity contribution is 6.13. The Hall–Kier alpha value is -2.43. The van der Waals surface area contributed by atoms with Crippen LogP contribution in [0.15, 0.2) is 42.6 Å². The van der Waals surface area contributed by atoms with Gasteiger partial charge in [-0.2, -0.15) is 0 Å². The average Bonchev–Trinajstić information content (AvgIpc) is 2.38. The second kappa shape index (κ2) is 4.61. The summed E-state index contributed by atoms with van der Waals surface area (Å²) in [6.07, 6.45) is 1.44. The predicted octanol–water partition coefficient (Wildman–Crippen LogP) is 2.38. The molecule has 0 aliphatic carbocycles. The number of hydrogen-bond acceptors (Lipinski definition) is 4. The number of para-hydroxylation sites is 1. The summed E-state index contributed by atoms with van der Waals surface area (Å²) < 4.78 is 12.2. The molecule has 0 bridgehead atoms. The van der Waals surface area contributed by atoms with E-state index < -0.39 is 0 Å². The van der Waals surface area contributed by atoms with Crippen molar-refractivity contribution in [1.82, 2.24) is 4.98 Å². The Labute approximate surface area is 97.7 Å². The van der Waals surface area contributed by atoms with Crippen LogP contribution in [0.5, 0.6) is 0 Å². The number of nitrogens with zero attached hydrogens (tertiary/aromatic N) is 1. The monoisotopic (exact) mass is 230 g/mol. The SMILES string of the molecule is N=C(c1ccnc(NF)c1)c1ccccc1N. The summed E-state index contributed by atoms with van der Waals surface area (Å²) in [6, 6.07) is 10.2. The summed E-state index contributed by atoms with van der Waals surface area (Å²) in [5.41, 5.74) is 9.16. The number of nitrogens with one attached hydrogen (secondary N) is 2. The van der Waals surface area contributed by atoms with Crippen LogP contribution in [0.2, 0.25) is 0 Å². The number of anilines is 2. The smallest absolute Gasteiger partial charge is 0.154 e. The van der Waals surface area contributed by atoms with Gasteiger partial charge in [0.1, 0.15) is 0 Å². The highest BCUT2D eigenvalue weighted by Crippen LogP contribution is 2.17. The molecule has 4 nitrogen and oxygen atoms in total. The minimum absolute atomic E-state index is 0.0711. The third kappa shape index (κ3) is 2.23. The molecule has 2 rings (SSSR count). The van der Waals surface area contributed by atoms with Crippen molar-refractivity contribution < 1.29 is 4.48 Å². The maximum atomic E-state index is 12.2. The standard InChI is InChI=1S/C12H11FN4/c13-17-11-7-8(5-6-16-11)12(15)9-3-1-2-4-10(9)14/h1-7,15H,14H2,(H,16,17). The maximum absolute atomic E-state index is 12.2. The lowest BCUT2D eigenvalue weighted by molar-refractivity contribution is 0.612. The van der Waals surface area contributed by atoms with E-state index in [0.717, 1.165) is 0 Å². The molecule has 0 fully saturated rings. The van der Waals surface area contributed by atoms with E-state index in [1.807, 2.05) is 0 Å². The fourth-order valence-corrected chi connectivity index (χ4v) is 1.52. The number of halogens is 1. The topological polar surface area (TPSA) is 74.8 Å². The Morgan fingerprint density at radius 3 is 2.76 bits per heavy atom. The van der Waals surface area contributed by atoms with Gasteiger partial charge in [-0.25, -0.2) is 10.5 Å². The molecule has 0 spiro atoms. The molecule has 0 aliphatic rings. The normalized spacial score (nSPS) is 9.94. The number of pyridine rings is 1. The average molecular weight is 230 g/mol. The van der Waals surface area contributed by atoms with Crippen LogP contribution in [0.25, 0.3) is 0 Å². The quantitative estimate of drug-likeness (QED) is 0.430. The van der Waals surface area contributed by atoms with E-state index in [1.54, 1.807) is 30.3 Å². The first-order chi connectivity index (χ1) is 8.22. The molecule has 5 heteroatoms. The number of hydrogen-bond donors (Lipinski definition) is 3. The first-order valence-corrected chi connectivity index (χ1v) is 4.99. The molecule has 1 heterocycles. The Bertz CT molecular complexity index is 554. The van der Waals surface area contributed by atoms with Crippen LogP contribution < -0.4 is 11.3 Å². The number of nitrogen functional groups attached to an aromatic ring is 1. The molecule has 0 saturated heterocycles. The summed E-state index contributed by atoms with van der Waals surface area (Å²) in [5, 5.41) is 8.03. The van der Waals surface area contributed by atoms with Crippen LogP contribution >= 0.6 is 0 Å². The lowest BCUT2D eigenvalue weighted by Gasteiger charge is -2.07. The zero-order valence-corrected chi connectivity index (χ0v) is 8.94. The van der Waals surface area contributed by atoms with Crippen molar-refractivity contribution >= 4 is 17.2 Å². The zero-order valence-electron chi connectivity index (χ0n) is 8.94. The lowest BCUT2D eigenvalue weighted by Crippen LogP contribution is -2.05. The van der Waals surface area contributed by atoms with E-state index in [0.29, 0.717) is 16.8 Å². The number of aromatic nitrogens is 1. The fraction of sp³-hybridized carbons (Fsp3) is 0. The van der Waals surface area contributed by atoms with Crippen molar-refractivity contribution in [1.29, 1.82) is 5.41 Å². The second-order valence-corrected chi connectivity index (χ2v) is 3.49. The van der Waals surface area contributed by atoms with Crippen molar-refractivity contribution in [2.45, 2.75) is 0 Å². The molecule has 1 aromatic carbocycles. The summed E-state index contributed by atoms with van der Waals surface area (Å²) in [7, 11) is 0. The van der Waals surface area contributed by atoms with Gasteiger partial charge in [-0.3, -0.25) is 5.41 Å². The molecule has 0 aliphatic heterocycles. The maximum Gasteiger partial charge on any atom is 0.154 e. The minimum Gasteiger partial charge on any atom is -0.398 e. The van der Waals surface area contributed by atoms with Gasteiger partial charge in [-0.15, -0.1) is 4.48 Å². The Kier molecular flexibility index (Phi) is 3.00. The molecule has 86 valence electrons. The van der Waals surface area contributed by atoms with Crippen LogP contribution in [0, 0.1) is 5.41 Å². The molecular formula is C12H11FN4. The van der Waals surface area contributed by atoms with Crippen LogP contribution in [0.1, 0.15) is 11.1 Å². The second-order valence-electron chi connectivity index (χ2n) is 3.49. The summed E-state index contributed by atoms with van der Waals surface area (Å²) in [6.45, 7) is 0. The summed E-state index contributed by atoms with van der Waals surface area (Å²) >= 11 is 0. The van der Waals surface area contributed by atoms with E-state index in [9.17, 15) is 4.48 Å². The van der Waals surface area contributed by atoms with E-state index in [4.69, 9.17) is 11.1 Å². The van der Waals surface area contributed by atoms with Gasteiger partial charge < -0.3 is 5.73 Å². The van der Waals surface area contributed by atoms with Crippen molar-refractivity contribution in [3.05, 3.63) is 53.7 Å². The molecule has 0 atom stereocenters. The molecule has 1 aromatic heterocycles. The van der Waals surface area contributed by atoms with Gasteiger partial charge in [0.25, 0.3) is 0 Å². The van der Waals surface area contributed by atoms with E-state index in [1.165, 1.54) is 17.8 Å². The molecule has 0 saturated carbocycles. The molecular weight excluding hydrogens is 219 g/mol. The number of rotatable bonds is 3. The van der Waals surface area contributed by atoms with Crippen molar-refractivity contribution in [3.8, 4) is 0 Å². The minimum atomic E-state index is 0.0711. The third-order valence-electron chi connectivity index (χ3n) is 2.38. The fourth-order valence-electron chi connectivity index (χ4n) is 1.52. The van der Waals surface area contributed by atoms with Gasteiger partial charge in [0.2, 0.25) is 0 Å². The zero-order chi connectivity index (χ0) is 12.3. The van der Waals surface area contributed by atoms with Crippen LogP contribution in [0.3, 0.4) is 0 Å². The van der Waals surface area contributed by atoms with Gasteiger partial charge in [0, 0.05) is 23.0 Å². The molecule has 17 heavy (non-hydrogen) atoms. The highest BCUT2D eigenvalue weighted by Gasteiger charge is 2.08. The first kappa shape index (κ1) is 11.1. The van der Waals surface area contributed by atoms with Crippen molar-refractivity contribution in [2.24, 2.45) is 0 Å². The first-order valence-electron chi connectivity index (χ1n) is 4.99. The van der Waals surface area contributed by atoms with Crippen molar-refractivity contribution in [2.75, 3.05) is 11.3 Å². The Morgan fingerprint density at radius 2 is 2.06 bits per heavy atom. The van der Waals surface area contributed by atoms with Gasteiger partial charge in [-0.05, 0) is 18.2 Å². The molecule has 0 amide bonds. The van der Waals surface area contributed by atoms with Gasteiger partial charge in [-0.1, -0.05) is 18.2 Å². The Morgan fingerprint density at radius 1 is 1.29 bits per heavy atom. The molecule has 2 aromatic rings. The summed E-state index contributed by atoms with van der Waals surface area (Å²) in [5.74, 6) is 0.0711. The molecule has 0 radical (unpaired) electrons. The van der Waals surface area contributed by atoms with Crippen LogP contribution in [-0.4, -0.2) is 10.7 Å². The summed E-state index contributed by atoms with van der Waals surface area (Å²) in [4.78, 5) is 3.74. The van der Waals surface area contributed by atoms with Gasteiger partial charge in [0.05, 0.1) is 5.71 Å². The third-order valence-corrected chi connectivity index (χ3v) is 2.38. The van der Waals surface area contributed by atoms with Crippen LogP contribution in [0.4, 0.5) is 16.0 Å². The highest BCUT2D eigenvalue weighted by atomic mass is 19.2. The molecule has 4 N–H and O–H groups in total. The van der Waals surface area contributed by atoms with E-state index in [2.05, 4.69) is 4.98 Å². The Balaban J connectivity index is 2.40. The lowest BCUT2D eigenvalue weighted by atomic mass is 10.0. The largest absolute Gasteiger partial charge is 0.398 e. The van der Waals surface area contributed by atoms with E-state index >= 15 is 0 Å².